The minimum absolute atomic E-state index is 0.183. The summed E-state index contributed by atoms with van der Waals surface area (Å²) >= 11 is 3.37. The molecule has 2 N–H and O–H groups in total. The molecule has 122 valence electrons. The summed E-state index contributed by atoms with van der Waals surface area (Å²) in [4.78, 5) is 19.9. The Morgan fingerprint density at radius 1 is 1.17 bits per heavy atom. The van der Waals surface area contributed by atoms with Crippen LogP contribution in [-0.2, 0) is 6.54 Å². The third-order valence-corrected chi connectivity index (χ3v) is 4.04. The van der Waals surface area contributed by atoms with Crippen LogP contribution < -0.4 is 10.1 Å². The van der Waals surface area contributed by atoms with E-state index < -0.39 is 5.97 Å². The molecule has 0 aliphatic rings. The van der Waals surface area contributed by atoms with Gasteiger partial charge in [-0.05, 0) is 51.8 Å². The van der Waals surface area contributed by atoms with Crippen LogP contribution in [-0.4, -0.2) is 28.2 Å². The molecule has 1 heterocycles. The van der Waals surface area contributed by atoms with E-state index in [2.05, 4.69) is 31.2 Å². The highest BCUT2D eigenvalue weighted by Gasteiger charge is 2.09. The van der Waals surface area contributed by atoms with Crippen molar-refractivity contribution in [3.63, 3.8) is 0 Å². The van der Waals surface area contributed by atoms with Gasteiger partial charge in [0.05, 0.1) is 23.7 Å². The van der Waals surface area contributed by atoms with Crippen LogP contribution in [0.25, 0.3) is 11.0 Å². The Morgan fingerprint density at radius 3 is 2.58 bits per heavy atom. The van der Waals surface area contributed by atoms with Gasteiger partial charge in [0.1, 0.15) is 10.4 Å². The second-order valence-corrected chi connectivity index (χ2v) is 5.82. The fraction of sp³-hybridized carbons (Fsp3) is 0.118. The third kappa shape index (κ3) is 3.46. The zero-order valence-electron chi connectivity index (χ0n) is 12.8. The monoisotopic (exact) mass is 387 g/mol. The second kappa shape index (κ2) is 6.84. The Labute approximate surface area is 146 Å². The van der Waals surface area contributed by atoms with Crippen LogP contribution in [0.4, 0.5) is 5.82 Å². The zero-order valence-corrected chi connectivity index (χ0v) is 14.4. The number of hydrogen-bond acceptors (Lipinski definition) is 5. The number of ether oxygens (including phenoxy) is 1. The van der Waals surface area contributed by atoms with E-state index in [1.807, 2.05) is 24.3 Å². The molecule has 0 amide bonds. The van der Waals surface area contributed by atoms with Crippen molar-refractivity contribution in [2.24, 2.45) is 0 Å². The van der Waals surface area contributed by atoms with Gasteiger partial charge in [-0.2, -0.15) is 0 Å². The molecule has 0 aliphatic carbocycles. The molecule has 24 heavy (non-hydrogen) atoms. The number of halogens is 1. The van der Waals surface area contributed by atoms with Crippen LogP contribution in [0.1, 0.15) is 15.9 Å². The molecular weight excluding hydrogens is 374 g/mol. The normalized spacial score (nSPS) is 10.6. The van der Waals surface area contributed by atoms with Crippen molar-refractivity contribution in [2.45, 2.75) is 6.54 Å². The lowest BCUT2D eigenvalue weighted by molar-refractivity contribution is 0.0697. The van der Waals surface area contributed by atoms with Gasteiger partial charge in [0, 0.05) is 6.54 Å². The lowest BCUT2D eigenvalue weighted by Crippen LogP contribution is -2.04. The summed E-state index contributed by atoms with van der Waals surface area (Å²) in [6.45, 7) is 0.579. The highest BCUT2D eigenvalue weighted by atomic mass is 79.9. The van der Waals surface area contributed by atoms with Crippen molar-refractivity contribution < 1.29 is 14.6 Å². The maximum atomic E-state index is 11.0. The molecular formula is C17H14BrN3O3. The van der Waals surface area contributed by atoms with Gasteiger partial charge in [-0.3, -0.25) is 0 Å². The Kier molecular flexibility index (Phi) is 4.61. The average molecular weight is 388 g/mol. The number of carboxylic acid groups (broad SMARTS) is 1. The number of nitrogens with one attached hydrogen (secondary N) is 1. The standard InChI is InChI=1S/C17H14BrN3O3/c1-24-12-5-2-10(3-6-12)9-19-16-15(18)20-14-8-11(17(22)23)4-7-13(14)21-16/h2-8H,9H2,1H3,(H,19,21)(H,22,23). The van der Waals surface area contributed by atoms with Crippen molar-refractivity contribution in [3.8, 4) is 5.75 Å². The number of aromatic nitrogens is 2. The van der Waals surface area contributed by atoms with Gasteiger partial charge in [0.2, 0.25) is 0 Å². The Hall–Kier alpha value is -2.67. The fourth-order valence-corrected chi connectivity index (χ4v) is 2.63. The first-order chi connectivity index (χ1) is 11.6. The number of anilines is 1. The number of aromatic carboxylic acids is 1. The maximum absolute atomic E-state index is 11.0. The molecule has 0 fully saturated rings. The van der Waals surface area contributed by atoms with E-state index in [-0.39, 0.29) is 5.56 Å². The van der Waals surface area contributed by atoms with Gasteiger partial charge in [0.25, 0.3) is 0 Å². The predicted molar refractivity (Wildman–Crippen MR) is 94.5 cm³/mol. The van der Waals surface area contributed by atoms with E-state index in [0.29, 0.717) is 28.0 Å². The zero-order chi connectivity index (χ0) is 17.1. The fourth-order valence-electron chi connectivity index (χ4n) is 2.21. The quantitative estimate of drug-likeness (QED) is 0.693. The molecule has 3 rings (SSSR count). The van der Waals surface area contributed by atoms with Crippen molar-refractivity contribution in [3.05, 3.63) is 58.2 Å². The molecule has 0 saturated heterocycles. The molecule has 7 heteroatoms. The average Bonchev–Trinajstić information content (AvgIpc) is 2.59. The number of carboxylic acids is 1. The van der Waals surface area contributed by atoms with E-state index >= 15 is 0 Å². The van der Waals surface area contributed by atoms with Crippen LogP contribution >= 0.6 is 15.9 Å². The van der Waals surface area contributed by atoms with E-state index in [0.717, 1.165) is 11.3 Å². The number of rotatable bonds is 5. The first kappa shape index (κ1) is 16.2. The van der Waals surface area contributed by atoms with Crippen LogP contribution in [0.5, 0.6) is 5.75 Å². The summed E-state index contributed by atoms with van der Waals surface area (Å²) < 4.78 is 5.67. The molecule has 6 nitrogen and oxygen atoms in total. The first-order valence-electron chi connectivity index (χ1n) is 7.14. The van der Waals surface area contributed by atoms with Crippen molar-refractivity contribution in [2.75, 3.05) is 12.4 Å². The molecule has 0 saturated carbocycles. The maximum Gasteiger partial charge on any atom is 0.335 e. The van der Waals surface area contributed by atoms with Crippen molar-refractivity contribution in [1.82, 2.24) is 9.97 Å². The predicted octanol–water partition coefficient (Wildman–Crippen LogP) is 3.71. The number of nitrogens with zero attached hydrogens (tertiary/aromatic N) is 2. The van der Waals surface area contributed by atoms with Crippen LogP contribution in [0, 0.1) is 0 Å². The lowest BCUT2D eigenvalue weighted by Gasteiger charge is -2.09. The van der Waals surface area contributed by atoms with Gasteiger partial charge in [0.15, 0.2) is 5.82 Å². The van der Waals surface area contributed by atoms with Gasteiger partial charge in [-0.1, -0.05) is 12.1 Å². The summed E-state index contributed by atoms with van der Waals surface area (Å²) in [5, 5.41) is 12.3. The van der Waals surface area contributed by atoms with Crippen LogP contribution in [0.15, 0.2) is 47.1 Å². The van der Waals surface area contributed by atoms with Crippen LogP contribution in [0.2, 0.25) is 0 Å². The summed E-state index contributed by atoms with van der Waals surface area (Å²) in [7, 11) is 1.63. The molecule has 2 aromatic carbocycles. The van der Waals surface area contributed by atoms with E-state index in [1.54, 1.807) is 13.2 Å². The van der Waals surface area contributed by atoms with E-state index in [9.17, 15) is 4.79 Å². The van der Waals surface area contributed by atoms with E-state index in [4.69, 9.17) is 9.84 Å². The molecule has 0 aliphatic heterocycles. The Balaban J connectivity index is 1.82. The molecule has 1 aromatic heterocycles. The van der Waals surface area contributed by atoms with Crippen LogP contribution in [0.3, 0.4) is 0 Å². The van der Waals surface area contributed by atoms with Gasteiger partial charge in [-0.25, -0.2) is 14.8 Å². The van der Waals surface area contributed by atoms with Gasteiger partial charge in [-0.15, -0.1) is 0 Å². The lowest BCUT2D eigenvalue weighted by atomic mass is 10.2. The smallest absolute Gasteiger partial charge is 0.335 e. The Morgan fingerprint density at radius 2 is 1.92 bits per heavy atom. The minimum atomic E-state index is -0.989. The number of fused-ring (bicyclic) bond motifs is 1. The topological polar surface area (TPSA) is 84.3 Å². The van der Waals surface area contributed by atoms with E-state index in [1.165, 1.54) is 12.1 Å². The summed E-state index contributed by atoms with van der Waals surface area (Å²) in [6, 6.07) is 12.4. The SMILES string of the molecule is COc1ccc(CNc2nc3ccc(C(=O)O)cc3nc2Br)cc1. The Bertz CT molecular complexity index is 897. The van der Waals surface area contributed by atoms with Crippen molar-refractivity contribution in [1.29, 1.82) is 0 Å². The van der Waals surface area contributed by atoms with Crippen molar-refractivity contribution >= 4 is 38.8 Å². The first-order valence-corrected chi connectivity index (χ1v) is 7.93. The number of methoxy groups -OCH3 is 1. The molecule has 0 bridgehead atoms. The molecule has 0 unspecified atom stereocenters. The summed E-state index contributed by atoms with van der Waals surface area (Å²) in [5.41, 5.74) is 2.41. The molecule has 0 atom stereocenters. The number of benzene rings is 2. The molecule has 3 aromatic rings. The minimum Gasteiger partial charge on any atom is -0.497 e. The summed E-state index contributed by atoms with van der Waals surface area (Å²) in [6.07, 6.45) is 0. The van der Waals surface area contributed by atoms with Gasteiger partial charge < -0.3 is 15.2 Å². The highest BCUT2D eigenvalue weighted by Crippen LogP contribution is 2.23. The number of carbonyl (C=O) groups is 1. The summed E-state index contributed by atoms with van der Waals surface area (Å²) in [5.74, 6) is 0.414. The second-order valence-electron chi connectivity index (χ2n) is 5.07. The molecule has 0 radical (unpaired) electrons. The molecule has 0 spiro atoms. The third-order valence-electron chi connectivity index (χ3n) is 3.49. The highest BCUT2D eigenvalue weighted by molar-refractivity contribution is 9.10. The van der Waals surface area contributed by atoms with Gasteiger partial charge >= 0.3 is 5.97 Å². The number of hydrogen-bond donors (Lipinski definition) is 2. The largest absolute Gasteiger partial charge is 0.497 e.